The molecular weight excluding hydrogens is 317 g/mol. The van der Waals surface area contributed by atoms with Gasteiger partial charge < -0.3 is 15.3 Å². The molecule has 0 bridgehead atoms. The monoisotopic (exact) mass is 338 g/mol. The Morgan fingerprint density at radius 1 is 1.22 bits per heavy atom. The molecule has 0 aromatic heterocycles. The predicted octanol–water partition coefficient (Wildman–Crippen LogP) is 1.40. The first kappa shape index (κ1) is 19.2. The SMILES string of the molecule is CC(NC(=O)C(C)(C)C)C(=O)N1CCC(C(=O)O)(C(F)(F)F)C1. The number of carbonyl (C=O) groups excluding carboxylic acids is 2. The third-order valence-electron chi connectivity index (χ3n) is 3.93. The lowest BCUT2D eigenvalue weighted by atomic mass is 9.86. The Morgan fingerprint density at radius 3 is 2.09 bits per heavy atom. The first-order valence-corrected chi connectivity index (χ1v) is 7.12. The van der Waals surface area contributed by atoms with Crippen LogP contribution in [0.2, 0.25) is 0 Å². The number of nitrogens with one attached hydrogen (secondary N) is 1. The summed E-state index contributed by atoms with van der Waals surface area (Å²) < 4.78 is 39.2. The summed E-state index contributed by atoms with van der Waals surface area (Å²) >= 11 is 0. The number of carbonyl (C=O) groups is 3. The highest BCUT2D eigenvalue weighted by molar-refractivity contribution is 5.90. The van der Waals surface area contributed by atoms with Crippen LogP contribution in [-0.4, -0.2) is 53.1 Å². The van der Waals surface area contributed by atoms with E-state index in [1.54, 1.807) is 20.8 Å². The maximum atomic E-state index is 13.1. The molecule has 0 aromatic rings. The molecule has 0 radical (unpaired) electrons. The number of nitrogens with zero attached hydrogens (tertiary/aromatic N) is 1. The van der Waals surface area contributed by atoms with Crippen molar-refractivity contribution >= 4 is 17.8 Å². The van der Waals surface area contributed by atoms with Gasteiger partial charge in [0.15, 0.2) is 5.41 Å². The molecule has 1 saturated heterocycles. The molecule has 0 aromatic carbocycles. The van der Waals surface area contributed by atoms with Crippen LogP contribution in [0.5, 0.6) is 0 Å². The van der Waals surface area contributed by atoms with Crippen LogP contribution < -0.4 is 5.32 Å². The molecule has 9 heteroatoms. The van der Waals surface area contributed by atoms with Crippen molar-refractivity contribution in [2.75, 3.05) is 13.1 Å². The molecule has 0 saturated carbocycles. The normalized spacial score (nSPS) is 23.5. The van der Waals surface area contributed by atoms with Gasteiger partial charge in [0.1, 0.15) is 6.04 Å². The number of carboxylic acids is 1. The Hall–Kier alpha value is -1.80. The van der Waals surface area contributed by atoms with Crippen LogP contribution in [0.1, 0.15) is 34.1 Å². The lowest BCUT2D eigenvalue weighted by Gasteiger charge is -2.28. The number of rotatable bonds is 3. The quantitative estimate of drug-likeness (QED) is 0.814. The van der Waals surface area contributed by atoms with Gasteiger partial charge in [0.25, 0.3) is 0 Å². The van der Waals surface area contributed by atoms with Gasteiger partial charge in [-0.15, -0.1) is 0 Å². The van der Waals surface area contributed by atoms with E-state index in [0.717, 1.165) is 4.90 Å². The Morgan fingerprint density at radius 2 is 1.74 bits per heavy atom. The van der Waals surface area contributed by atoms with Crippen molar-refractivity contribution in [3.05, 3.63) is 0 Å². The Balaban J connectivity index is 2.84. The second-order valence-electron chi connectivity index (χ2n) is 6.84. The number of aliphatic carboxylic acids is 1. The molecule has 1 heterocycles. The van der Waals surface area contributed by atoms with Crippen LogP contribution in [0.25, 0.3) is 0 Å². The van der Waals surface area contributed by atoms with Gasteiger partial charge in [-0.05, 0) is 13.3 Å². The molecule has 2 amide bonds. The smallest absolute Gasteiger partial charge is 0.406 e. The Labute approximate surface area is 132 Å². The molecule has 0 aliphatic carbocycles. The van der Waals surface area contributed by atoms with Gasteiger partial charge in [0, 0.05) is 18.5 Å². The summed E-state index contributed by atoms with van der Waals surface area (Å²) in [7, 11) is 0. The van der Waals surface area contributed by atoms with Crippen molar-refractivity contribution in [2.45, 2.75) is 46.3 Å². The summed E-state index contributed by atoms with van der Waals surface area (Å²) in [6.45, 7) is 5.00. The van der Waals surface area contributed by atoms with Crippen LogP contribution in [-0.2, 0) is 14.4 Å². The van der Waals surface area contributed by atoms with Crippen molar-refractivity contribution in [2.24, 2.45) is 10.8 Å². The van der Waals surface area contributed by atoms with Gasteiger partial charge >= 0.3 is 12.1 Å². The lowest BCUT2D eigenvalue weighted by molar-refractivity contribution is -0.227. The minimum Gasteiger partial charge on any atom is -0.481 e. The van der Waals surface area contributed by atoms with Gasteiger partial charge in [-0.25, -0.2) is 0 Å². The van der Waals surface area contributed by atoms with Crippen LogP contribution in [0.4, 0.5) is 13.2 Å². The summed E-state index contributed by atoms with van der Waals surface area (Å²) in [6, 6.07) is -1.03. The maximum Gasteiger partial charge on any atom is 0.406 e. The van der Waals surface area contributed by atoms with E-state index in [9.17, 15) is 27.6 Å². The standard InChI is InChI=1S/C14H21F3N2O4/c1-8(18-10(21)12(2,3)4)9(20)19-6-5-13(7-19,11(22)23)14(15,16)17/h8H,5-7H2,1-4H3,(H,18,21)(H,22,23). The van der Waals surface area contributed by atoms with Gasteiger partial charge in [0.05, 0.1) is 0 Å². The van der Waals surface area contributed by atoms with E-state index in [0.29, 0.717) is 0 Å². The Bertz CT molecular complexity index is 513. The van der Waals surface area contributed by atoms with E-state index in [2.05, 4.69) is 5.32 Å². The highest BCUT2D eigenvalue weighted by Gasteiger charge is 2.64. The fraction of sp³-hybridized carbons (Fsp3) is 0.786. The lowest BCUT2D eigenvalue weighted by Crippen LogP contribution is -2.52. The molecule has 2 atom stereocenters. The Kier molecular flexibility index (Phi) is 5.03. The molecule has 1 aliphatic heterocycles. The van der Waals surface area contributed by atoms with E-state index in [1.165, 1.54) is 6.92 Å². The number of alkyl halides is 3. The first-order chi connectivity index (χ1) is 10.2. The number of halogens is 3. The van der Waals surface area contributed by atoms with Crippen LogP contribution in [0.3, 0.4) is 0 Å². The minimum atomic E-state index is -4.95. The van der Waals surface area contributed by atoms with Gasteiger partial charge in [-0.1, -0.05) is 20.8 Å². The number of hydrogen-bond donors (Lipinski definition) is 2. The van der Waals surface area contributed by atoms with E-state index in [1.807, 2.05) is 0 Å². The molecule has 6 nitrogen and oxygen atoms in total. The predicted molar refractivity (Wildman–Crippen MR) is 74.4 cm³/mol. The van der Waals surface area contributed by atoms with E-state index in [-0.39, 0.29) is 6.54 Å². The molecule has 132 valence electrons. The molecular formula is C14H21F3N2O4. The zero-order chi connectivity index (χ0) is 18.2. The third-order valence-corrected chi connectivity index (χ3v) is 3.93. The number of amides is 2. The largest absolute Gasteiger partial charge is 0.481 e. The zero-order valence-corrected chi connectivity index (χ0v) is 13.5. The van der Waals surface area contributed by atoms with Crippen molar-refractivity contribution in [1.29, 1.82) is 0 Å². The van der Waals surface area contributed by atoms with Crippen LogP contribution in [0, 0.1) is 10.8 Å². The molecule has 23 heavy (non-hydrogen) atoms. The van der Waals surface area contributed by atoms with E-state index >= 15 is 0 Å². The maximum absolute atomic E-state index is 13.1. The number of likely N-dealkylation sites (tertiary alicyclic amines) is 1. The van der Waals surface area contributed by atoms with Crippen molar-refractivity contribution < 1.29 is 32.7 Å². The zero-order valence-electron chi connectivity index (χ0n) is 13.5. The van der Waals surface area contributed by atoms with Crippen molar-refractivity contribution in [1.82, 2.24) is 10.2 Å². The second-order valence-corrected chi connectivity index (χ2v) is 6.84. The minimum absolute atomic E-state index is 0.319. The molecule has 2 N–H and O–H groups in total. The molecule has 2 unspecified atom stereocenters. The third kappa shape index (κ3) is 3.76. The first-order valence-electron chi connectivity index (χ1n) is 7.12. The topological polar surface area (TPSA) is 86.7 Å². The highest BCUT2D eigenvalue weighted by Crippen LogP contribution is 2.45. The molecule has 0 spiro atoms. The fourth-order valence-corrected chi connectivity index (χ4v) is 2.27. The van der Waals surface area contributed by atoms with E-state index < -0.39 is 53.8 Å². The van der Waals surface area contributed by atoms with Gasteiger partial charge in [0.2, 0.25) is 11.8 Å². The van der Waals surface area contributed by atoms with Crippen LogP contribution in [0.15, 0.2) is 0 Å². The van der Waals surface area contributed by atoms with Crippen molar-refractivity contribution in [3.63, 3.8) is 0 Å². The summed E-state index contributed by atoms with van der Waals surface area (Å²) in [4.78, 5) is 36.0. The number of carboxylic acid groups (broad SMARTS) is 1. The molecule has 1 rings (SSSR count). The molecule has 1 aliphatic rings. The average molecular weight is 338 g/mol. The van der Waals surface area contributed by atoms with E-state index in [4.69, 9.17) is 5.11 Å². The number of hydrogen-bond acceptors (Lipinski definition) is 3. The highest BCUT2D eigenvalue weighted by atomic mass is 19.4. The average Bonchev–Trinajstić information content (AvgIpc) is 2.82. The van der Waals surface area contributed by atoms with Crippen molar-refractivity contribution in [3.8, 4) is 0 Å². The summed E-state index contributed by atoms with van der Waals surface area (Å²) in [5.41, 5.74) is -3.70. The second kappa shape index (κ2) is 6.01. The molecule has 1 fully saturated rings. The van der Waals surface area contributed by atoms with Gasteiger partial charge in [-0.3, -0.25) is 14.4 Å². The van der Waals surface area contributed by atoms with Crippen LogP contribution >= 0.6 is 0 Å². The fourth-order valence-electron chi connectivity index (χ4n) is 2.27. The summed E-state index contributed by atoms with van der Waals surface area (Å²) in [6.07, 6.45) is -5.65. The van der Waals surface area contributed by atoms with Gasteiger partial charge in [-0.2, -0.15) is 13.2 Å². The summed E-state index contributed by atoms with van der Waals surface area (Å²) in [5, 5.41) is 11.4. The summed E-state index contributed by atoms with van der Waals surface area (Å²) in [5.74, 6) is -3.14.